The largest absolute Gasteiger partial charge is 0.508 e. The first kappa shape index (κ1) is 17.6. The van der Waals surface area contributed by atoms with Crippen LogP contribution in [0.15, 0.2) is 42.0 Å². The van der Waals surface area contributed by atoms with E-state index in [2.05, 4.69) is 32.1 Å². The number of rotatable bonds is 2. The van der Waals surface area contributed by atoms with Crippen LogP contribution in [0.3, 0.4) is 0 Å². The van der Waals surface area contributed by atoms with Gasteiger partial charge in [-0.1, -0.05) is 17.7 Å². The van der Waals surface area contributed by atoms with Crippen molar-refractivity contribution in [3.8, 4) is 17.2 Å². The maximum atomic E-state index is 10.6. The van der Waals surface area contributed by atoms with Crippen molar-refractivity contribution in [2.45, 2.75) is 51.2 Å². The zero-order valence-electron chi connectivity index (χ0n) is 16.3. The Balaban J connectivity index is 1.48. The van der Waals surface area contributed by atoms with Crippen molar-refractivity contribution >= 4 is 0 Å². The molecule has 2 heterocycles. The molecule has 2 N–H and O–H groups in total. The van der Waals surface area contributed by atoms with Gasteiger partial charge in [-0.2, -0.15) is 0 Å². The van der Waals surface area contributed by atoms with Crippen LogP contribution in [0, 0.1) is 5.92 Å². The molecule has 28 heavy (non-hydrogen) atoms. The first-order chi connectivity index (χ1) is 13.5. The molecular formula is C24H26O4. The van der Waals surface area contributed by atoms with Crippen LogP contribution < -0.4 is 9.47 Å². The van der Waals surface area contributed by atoms with Gasteiger partial charge >= 0.3 is 0 Å². The number of aliphatic hydroxyl groups is 1. The van der Waals surface area contributed by atoms with E-state index in [1.54, 1.807) is 12.1 Å². The summed E-state index contributed by atoms with van der Waals surface area (Å²) in [4.78, 5) is 0. The van der Waals surface area contributed by atoms with E-state index in [0.29, 0.717) is 13.0 Å². The molecule has 0 amide bonds. The molecular weight excluding hydrogens is 352 g/mol. The number of benzene rings is 2. The Morgan fingerprint density at radius 3 is 2.71 bits per heavy atom. The SMILES string of the molecule is CC(C)=CCC1Cc2cc3c(cc2CC1O)OCC1c2ccc(O)cc2OC31. The smallest absolute Gasteiger partial charge is 0.138 e. The van der Waals surface area contributed by atoms with E-state index in [0.717, 1.165) is 35.5 Å². The van der Waals surface area contributed by atoms with Gasteiger partial charge in [-0.15, -0.1) is 0 Å². The fourth-order valence-corrected chi connectivity index (χ4v) is 4.80. The third kappa shape index (κ3) is 2.87. The monoisotopic (exact) mass is 378 g/mol. The number of phenols is 1. The maximum absolute atomic E-state index is 10.6. The quantitative estimate of drug-likeness (QED) is 0.759. The fourth-order valence-electron chi connectivity index (χ4n) is 4.80. The fraction of sp³-hybridized carbons (Fsp3) is 0.417. The number of hydrogen-bond acceptors (Lipinski definition) is 4. The second kappa shape index (κ2) is 6.56. The van der Waals surface area contributed by atoms with E-state index in [1.807, 2.05) is 6.07 Å². The minimum absolute atomic E-state index is 0.0751. The van der Waals surface area contributed by atoms with Crippen molar-refractivity contribution in [3.63, 3.8) is 0 Å². The Labute approximate surface area is 165 Å². The van der Waals surface area contributed by atoms with Crippen molar-refractivity contribution in [2.24, 2.45) is 5.92 Å². The third-order valence-corrected chi connectivity index (χ3v) is 6.36. The molecule has 4 heteroatoms. The minimum atomic E-state index is -0.313. The van der Waals surface area contributed by atoms with Gasteiger partial charge in [-0.05, 0) is 68.4 Å². The summed E-state index contributed by atoms with van der Waals surface area (Å²) in [6, 6.07) is 9.67. The molecule has 0 saturated heterocycles. The Morgan fingerprint density at radius 1 is 1.07 bits per heavy atom. The van der Waals surface area contributed by atoms with Gasteiger partial charge in [0, 0.05) is 17.2 Å². The summed E-state index contributed by atoms with van der Waals surface area (Å²) in [6.07, 6.45) is 4.29. The molecule has 0 bridgehead atoms. The average molecular weight is 378 g/mol. The number of ether oxygens (including phenoxy) is 2. The molecule has 146 valence electrons. The number of hydrogen-bond donors (Lipinski definition) is 2. The molecule has 2 aromatic rings. The highest BCUT2D eigenvalue weighted by atomic mass is 16.5. The number of fused-ring (bicyclic) bond motifs is 6. The van der Waals surface area contributed by atoms with Crippen molar-refractivity contribution in [1.82, 2.24) is 0 Å². The predicted molar refractivity (Wildman–Crippen MR) is 107 cm³/mol. The Bertz CT molecular complexity index is 957. The van der Waals surface area contributed by atoms with Gasteiger partial charge in [0.25, 0.3) is 0 Å². The van der Waals surface area contributed by atoms with Gasteiger partial charge < -0.3 is 19.7 Å². The van der Waals surface area contributed by atoms with Crippen LogP contribution in [-0.4, -0.2) is 22.9 Å². The summed E-state index contributed by atoms with van der Waals surface area (Å²) in [5.41, 5.74) is 5.96. The van der Waals surface area contributed by atoms with Gasteiger partial charge in [0.05, 0.1) is 18.6 Å². The molecule has 4 unspecified atom stereocenters. The highest BCUT2D eigenvalue weighted by Gasteiger charge is 2.41. The first-order valence-electron chi connectivity index (χ1n) is 10.1. The molecule has 0 fully saturated rings. The van der Waals surface area contributed by atoms with E-state index in [1.165, 1.54) is 16.7 Å². The summed E-state index contributed by atoms with van der Waals surface area (Å²) in [5.74, 6) is 2.24. The topological polar surface area (TPSA) is 58.9 Å². The van der Waals surface area contributed by atoms with Gasteiger partial charge in [0.15, 0.2) is 0 Å². The average Bonchev–Trinajstić information content (AvgIpc) is 3.02. The molecule has 0 aromatic heterocycles. The van der Waals surface area contributed by atoms with Crippen LogP contribution >= 0.6 is 0 Å². The Hall–Kier alpha value is -2.46. The van der Waals surface area contributed by atoms with Crippen LogP contribution in [0.25, 0.3) is 0 Å². The van der Waals surface area contributed by atoms with Crippen molar-refractivity contribution in [2.75, 3.05) is 6.61 Å². The van der Waals surface area contributed by atoms with Crippen molar-refractivity contribution in [1.29, 1.82) is 0 Å². The van der Waals surface area contributed by atoms with Crippen LogP contribution in [-0.2, 0) is 12.8 Å². The Morgan fingerprint density at radius 2 is 1.89 bits per heavy atom. The van der Waals surface area contributed by atoms with Crippen molar-refractivity contribution in [3.05, 3.63) is 64.2 Å². The second-order valence-electron chi connectivity index (χ2n) is 8.59. The van der Waals surface area contributed by atoms with Gasteiger partial charge in [-0.25, -0.2) is 0 Å². The van der Waals surface area contributed by atoms with Gasteiger partial charge in [0.1, 0.15) is 23.4 Å². The third-order valence-electron chi connectivity index (χ3n) is 6.36. The van der Waals surface area contributed by atoms with Crippen LogP contribution in [0.5, 0.6) is 17.2 Å². The van der Waals surface area contributed by atoms with Gasteiger partial charge in [0.2, 0.25) is 0 Å². The summed E-state index contributed by atoms with van der Waals surface area (Å²) in [6.45, 7) is 4.77. The summed E-state index contributed by atoms with van der Waals surface area (Å²) in [5, 5.41) is 20.4. The zero-order valence-corrected chi connectivity index (χ0v) is 16.3. The highest BCUT2D eigenvalue weighted by molar-refractivity contribution is 5.53. The van der Waals surface area contributed by atoms with E-state index in [-0.39, 0.29) is 29.8 Å². The lowest BCUT2D eigenvalue weighted by molar-refractivity contribution is 0.0997. The van der Waals surface area contributed by atoms with E-state index in [4.69, 9.17) is 9.47 Å². The van der Waals surface area contributed by atoms with Gasteiger partial charge in [-0.3, -0.25) is 0 Å². The molecule has 0 spiro atoms. The molecule has 2 aliphatic heterocycles. The lowest BCUT2D eigenvalue weighted by atomic mass is 9.78. The molecule has 2 aromatic carbocycles. The minimum Gasteiger partial charge on any atom is -0.508 e. The number of phenolic OH excluding ortho intramolecular Hbond substituents is 1. The van der Waals surface area contributed by atoms with Crippen molar-refractivity contribution < 1.29 is 19.7 Å². The standard InChI is InChI=1S/C24H26O4/c1-13(2)3-4-14-7-15-8-19-22(10-16(15)9-21(14)26)27-12-20-18-6-5-17(25)11-23(18)28-24(19)20/h3,5-6,8,10-11,14,20-21,24-26H,4,7,9,12H2,1-2H3. The second-order valence-corrected chi connectivity index (χ2v) is 8.59. The molecule has 4 atom stereocenters. The van der Waals surface area contributed by atoms with E-state index in [9.17, 15) is 10.2 Å². The normalized spacial score (nSPS) is 26.8. The lowest BCUT2D eigenvalue weighted by Gasteiger charge is -2.33. The van der Waals surface area contributed by atoms with Crippen LogP contribution in [0.1, 0.15) is 54.5 Å². The van der Waals surface area contributed by atoms with E-state index >= 15 is 0 Å². The number of aliphatic hydroxyl groups excluding tert-OH is 1. The van der Waals surface area contributed by atoms with Crippen LogP contribution in [0.4, 0.5) is 0 Å². The molecule has 4 nitrogen and oxygen atoms in total. The van der Waals surface area contributed by atoms with E-state index < -0.39 is 0 Å². The molecule has 5 rings (SSSR count). The lowest BCUT2D eigenvalue weighted by Crippen LogP contribution is -2.31. The molecule has 0 radical (unpaired) electrons. The highest BCUT2D eigenvalue weighted by Crippen LogP contribution is 2.52. The zero-order chi connectivity index (χ0) is 19.4. The maximum Gasteiger partial charge on any atom is 0.138 e. The summed E-state index contributed by atoms with van der Waals surface area (Å²) < 4.78 is 12.3. The number of allylic oxidation sites excluding steroid dienone is 2. The number of aromatic hydroxyl groups is 1. The Kier molecular flexibility index (Phi) is 4.13. The molecule has 0 saturated carbocycles. The first-order valence-corrected chi connectivity index (χ1v) is 10.1. The molecule has 1 aliphatic carbocycles. The predicted octanol–water partition coefficient (Wildman–Crippen LogP) is 4.43. The summed E-state index contributed by atoms with van der Waals surface area (Å²) >= 11 is 0. The molecule has 3 aliphatic rings. The summed E-state index contributed by atoms with van der Waals surface area (Å²) in [7, 11) is 0. The van der Waals surface area contributed by atoms with Crippen LogP contribution in [0.2, 0.25) is 0 Å².